The number of benzene rings is 1. The third-order valence-corrected chi connectivity index (χ3v) is 1.69. The van der Waals surface area contributed by atoms with Crippen LogP contribution in [0.25, 0.3) is 0 Å². The molecule has 0 heterocycles. The van der Waals surface area contributed by atoms with Gasteiger partial charge in [-0.25, -0.2) is 8.78 Å². The summed E-state index contributed by atoms with van der Waals surface area (Å²) in [5.41, 5.74) is 0. The summed E-state index contributed by atoms with van der Waals surface area (Å²) in [5, 5.41) is 9.08. The van der Waals surface area contributed by atoms with Crippen LogP contribution < -0.4 is 4.74 Å². The fourth-order valence-electron chi connectivity index (χ4n) is 0.811. The van der Waals surface area contributed by atoms with Gasteiger partial charge in [0.05, 0.1) is 5.02 Å². The molecule has 14 heavy (non-hydrogen) atoms. The Morgan fingerprint density at radius 1 is 1.50 bits per heavy atom. The highest BCUT2D eigenvalue weighted by molar-refractivity contribution is 6.32. The molecule has 78 valence electrons. The molecule has 0 saturated heterocycles. The van der Waals surface area contributed by atoms with E-state index >= 15 is 0 Å². The summed E-state index contributed by atoms with van der Waals surface area (Å²) >= 11 is 5.63. The highest BCUT2D eigenvalue weighted by Crippen LogP contribution is 2.29. The number of hydrogen-bond donors (Lipinski definition) is 1. The van der Waals surface area contributed by atoms with Gasteiger partial charge in [0, 0.05) is 13.0 Å². The van der Waals surface area contributed by atoms with Crippen molar-refractivity contribution < 1.29 is 18.6 Å². The van der Waals surface area contributed by atoms with Crippen LogP contribution in [0.15, 0.2) is 18.2 Å². The average molecular weight is 223 g/mol. The monoisotopic (exact) mass is 222 g/mol. The molecule has 0 bridgehead atoms. The second-order valence-electron chi connectivity index (χ2n) is 2.97. The second kappa shape index (κ2) is 4.00. The van der Waals surface area contributed by atoms with Gasteiger partial charge in [0.1, 0.15) is 11.5 Å². The Bertz CT molecular complexity index is 323. The van der Waals surface area contributed by atoms with Gasteiger partial charge >= 0.3 is 0 Å². The molecule has 0 aliphatic heterocycles. The maximum Gasteiger partial charge on any atom is 0.278 e. The second-order valence-corrected chi connectivity index (χ2v) is 3.38. The molecule has 1 aromatic rings. The van der Waals surface area contributed by atoms with Crippen LogP contribution in [0.4, 0.5) is 8.78 Å². The van der Waals surface area contributed by atoms with Crippen LogP contribution in [-0.2, 0) is 0 Å². The zero-order valence-corrected chi connectivity index (χ0v) is 8.18. The van der Waals surface area contributed by atoms with Crippen LogP contribution in [0.5, 0.6) is 11.5 Å². The van der Waals surface area contributed by atoms with Gasteiger partial charge in [-0.05, 0) is 12.1 Å². The summed E-state index contributed by atoms with van der Waals surface area (Å²) in [7, 11) is 0. The van der Waals surface area contributed by atoms with E-state index in [4.69, 9.17) is 21.4 Å². The van der Waals surface area contributed by atoms with Crippen molar-refractivity contribution in [2.75, 3.05) is 6.61 Å². The van der Waals surface area contributed by atoms with Crippen molar-refractivity contribution in [3.63, 3.8) is 0 Å². The minimum absolute atomic E-state index is 0.0365. The van der Waals surface area contributed by atoms with E-state index in [1.54, 1.807) is 0 Å². The number of rotatable bonds is 3. The van der Waals surface area contributed by atoms with E-state index in [9.17, 15) is 8.78 Å². The van der Waals surface area contributed by atoms with E-state index < -0.39 is 12.5 Å². The van der Waals surface area contributed by atoms with Crippen LogP contribution in [-0.4, -0.2) is 17.6 Å². The summed E-state index contributed by atoms with van der Waals surface area (Å²) in [6.07, 6.45) is 0. The quantitative estimate of drug-likeness (QED) is 0.852. The Labute approximate surface area is 85.1 Å². The molecule has 0 unspecified atom stereocenters. The molecule has 0 atom stereocenters. The Hall–Kier alpha value is -1.03. The van der Waals surface area contributed by atoms with Gasteiger partial charge in [0.25, 0.3) is 5.92 Å². The Balaban J connectivity index is 2.68. The van der Waals surface area contributed by atoms with Gasteiger partial charge in [-0.15, -0.1) is 0 Å². The molecule has 0 aromatic heterocycles. The number of hydrogen-bond acceptors (Lipinski definition) is 2. The summed E-state index contributed by atoms with van der Waals surface area (Å²) < 4.78 is 29.6. The molecule has 0 radical (unpaired) electrons. The van der Waals surface area contributed by atoms with E-state index in [2.05, 4.69) is 0 Å². The van der Waals surface area contributed by atoms with Gasteiger partial charge in [-0.1, -0.05) is 11.6 Å². The number of phenols is 1. The SMILES string of the molecule is CC(F)(F)COc1ccc(O)cc1Cl. The molecule has 1 N–H and O–H groups in total. The zero-order chi connectivity index (χ0) is 10.8. The molecular weight excluding hydrogens is 214 g/mol. The maximum absolute atomic E-state index is 12.4. The number of ether oxygens (including phenoxy) is 1. The minimum Gasteiger partial charge on any atom is -0.508 e. The van der Waals surface area contributed by atoms with Crippen molar-refractivity contribution in [3.8, 4) is 11.5 Å². The number of alkyl halides is 2. The molecule has 2 nitrogen and oxygen atoms in total. The van der Waals surface area contributed by atoms with Gasteiger partial charge in [-0.3, -0.25) is 0 Å². The smallest absolute Gasteiger partial charge is 0.278 e. The van der Waals surface area contributed by atoms with Crippen LogP contribution in [0.2, 0.25) is 5.02 Å². The third kappa shape index (κ3) is 3.38. The largest absolute Gasteiger partial charge is 0.508 e. The number of halogens is 3. The summed E-state index contributed by atoms with van der Waals surface area (Å²) in [6, 6.07) is 3.88. The molecule has 0 fully saturated rings. The molecule has 0 aliphatic rings. The lowest BCUT2D eigenvalue weighted by atomic mass is 10.3. The van der Waals surface area contributed by atoms with Crippen LogP contribution in [0, 0.1) is 0 Å². The van der Waals surface area contributed by atoms with Crippen molar-refractivity contribution in [1.82, 2.24) is 0 Å². The third-order valence-electron chi connectivity index (χ3n) is 1.40. The average Bonchev–Trinajstić information content (AvgIpc) is 2.00. The van der Waals surface area contributed by atoms with E-state index in [-0.39, 0.29) is 16.5 Å². The summed E-state index contributed by atoms with van der Waals surface area (Å²) in [4.78, 5) is 0. The summed E-state index contributed by atoms with van der Waals surface area (Å²) in [6.45, 7) is 0.0127. The number of phenolic OH excluding ortho intramolecular Hbond substituents is 1. The fraction of sp³-hybridized carbons (Fsp3) is 0.333. The van der Waals surface area contributed by atoms with Gasteiger partial charge in [0.2, 0.25) is 0 Å². The highest BCUT2D eigenvalue weighted by atomic mass is 35.5. The minimum atomic E-state index is -2.90. The van der Waals surface area contributed by atoms with Gasteiger partial charge in [0.15, 0.2) is 6.61 Å². The zero-order valence-electron chi connectivity index (χ0n) is 7.43. The van der Waals surface area contributed by atoms with E-state index in [0.29, 0.717) is 0 Å². The summed E-state index contributed by atoms with van der Waals surface area (Å²) in [5.74, 6) is -2.81. The lowest BCUT2D eigenvalue weighted by molar-refractivity contribution is -0.0229. The Morgan fingerprint density at radius 2 is 2.14 bits per heavy atom. The lowest BCUT2D eigenvalue weighted by Gasteiger charge is -2.12. The van der Waals surface area contributed by atoms with E-state index in [0.717, 1.165) is 6.92 Å². The molecule has 0 amide bonds. The fourth-order valence-corrected chi connectivity index (χ4v) is 1.04. The first-order chi connectivity index (χ1) is 6.38. The molecule has 5 heteroatoms. The first-order valence-electron chi connectivity index (χ1n) is 3.87. The first kappa shape index (κ1) is 11.0. The normalized spacial score (nSPS) is 11.4. The molecule has 0 saturated carbocycles. The Kier molecular flexibility index (Phi) is 3.16. The van der Waals surface area contributed by atoms with Crippen molar-refractivity contribution in [3.05, 3.63) is 23.2 Å². The molecule has 1 aromatic carbocycles. The van der Waals surface area contributed by atoms with Crippen molar-refractivity contribution in [2.45, 2.75) is 12.8 Å². The van der Waals surface area contributed by atoms with E-state index in [1.165, 1.54) is 18.2 Å². The topological polar surface area (TPSA) is 29.5 Å². The maximum atomic E-state index is 12.4. The Morgan fingerprint density at radius 3 is 2.64 bits per heavy atom. The molecule has 0 spiro atoms. The van der Waals surface area contributed by atoms with Crippen LogP contribution >= 0.6 is 11.6 Å². The van der Waals surface area contributed by atoms with Crippen molar-refractivity contribution in [2.24, 2.45) is 0 Å². The molecule has 1 rings (SSSR count). The predicted molar refractivity (Wildman–Crippen MR) is 49.2 cm³/mol. The standard InChI is InChI=1S/C9H9ClF2O2/c1-9(11,12)5-14-8-3-2-6(13)4-7(8)10/h2-4,13H,5H2,1H3. The number of aromatic hydroxyl groups is 1. The van der Waals surface area contributed by atoms with Crippen molar-refractivity contribution >= 4 is 11.6 Å². The lowest BCUT2D eigenvalue weighted by Crippen LogP contribution is -2.20. The van der Waals surface area contributed by atoms with Gasteiger partial charge in [-0.2, -0.15) is 0 Å². The predicted octanol–water partition coefficient (Wildman–Crippen LogP) is 3.08. The molecule has 0 aliphatic carbocycles. The van der Waals surface area contributed by atoms with Crippen molar-refractivity contribution in [1.29, 1.82) is 0 Å². The molecular formula is C9H9ClF2O2. The van der Waals surface area contributed by atoms with Crippen LogP contribution in [0.3, 0.4) is 0 Å². The van der Waals surface area contributed by atoms with E-state index in [1.807, 2.05) is 0 Å². The first-order valence-corrected chi connectivity index (χ1v) is 4.25. The van der Waals surface area contributed by atoms with Gasteiger partial charge < -0.3 is 9.84 Å². The highest BCUT2D eigenvalue weighted by Gasteiger charge is 2.22. The van der Waals surface area contributed by atoms with Crippen LogP contribution in [0.1, 0.15) is 6.92 Å².